The summed E-state index contributed by atoms with van der Waals surface area (Å²) in [5, 5.41) is 8.55. The molecule has 1 atom stereocenters. The van der Waals surface area contributed by atoms with Gasteiger partial charge in [-0.2, -0.15) is 0 Å². The van der Waals surface area contributed by atoms with Crippen molar-refractivity contribution in [2.24, 2.45) is 0 Å². The molecule has 11 heavy (non-hydrogen) atoms. The second-order valence-electron chi connectivity index (χ2n) is 2.46. The van der Waals surface area contributed by atoms with Crippen LogP contribution in [0.5, 0.6) is 0 Å². The number of carboxylic acids is 1. The molecule has 0 heterocycles. The lowest BCUT2D eigenvalue weighted by atomic mass is 10.3. The molecular formula is C8H16O3. The van der Waals surface area contributed by atoms with Gasteiger partial charge in [0.15, 0.2) is 6.10 Å². The van der Waals surface area contributed by atoms with Crippen LogP contribution in [0.4, 0.5) is 0 Å². The molecule has 66 valence electrons. The first kappa shape index (κ1) is 10.4. The van der Waals surface area contributed by atoms with Crippen molar-refractivity contribution in [3.63, 3.8) is 0 Å². The second-order valence-corrected chi connectivity index (χ2v) is 2.46. The minimum Gasteiger partial charge on any atom is -0.479 e. The van der Waals surface area contributed by atoms with E-state index in [-0.39, 0.29) is 0 Å². The van der Waals surface area contributed by atoms with Crippen molar-refractivity contribution >= 4 is 5.97 Å². The third-order valence-corrected chi connectivity index (χ3v) is 1.46. The summed E-state index contributed by atoms with van der Waals surface area (Å²) in [6.45, 7) is 4.41. The number of rotatable bonds is 6. The van der Waals surface area contributed by atoms with Crippen molar-refractivity contribution in [2.45, 2.75) is 39.2 Å². The van der Waals surface area contributed by atoms with E-state index in [1.165, 1.54) is 0 Å². The Kier molecular flexibility index (Phi) is 5.84. The summed E-state index contributed by atoms with van der Waals surface area (Å²) in [7, 11) is 0. The highest BCUT2D eigenvalue weighted by Gasteiger charge is 2.13. The van der Waals surface area contributed by atoms with Crippen molar-refractivity contribution < 1.29 is 14.6 Å². The standard InChI is InChI=1S/C8H16O3/c1-3-5-6-11-7(4-2)8(9)10/h7H,3-6H2,1-2H3,(H,9,10). The van der Waals surface area contributed by atoms with E-state index in [0.717, 1.165) is 12.8 Å². The van der Waals surface area contributed by atoms with Gasteiger partial charge in [-0.25, -0.2) is 4.79 Å². The number of carboxylic acid groups (broad SMARTS) is 1. The molecule has 0 aliphatic carbocycles. The van der Waals surface area contributed by atoms with Gasteiger partial charge in [0.05, 0.1) is 0 Å². The van der Waals surface area contributed by atoms with Gasteiger partial charge in [0.25, 0.3) is 0 Å². The van der Waals surface area contributed by atoms with Gasteiger partial charge in [0.1, 0.15) is 0 Å². The molecule has 3 heteroatoms. The smallest absolute Gasteiger partial charge is 0.332 e. The largest absolute Gasteiger partial charge is 0.479 e. The average Bonchev–Trinajstić information content (AvgIpc) is 1.97. The lowest BCUT2D eigenvalue weighted by molar-refractivity contribution is -0.150. The zero-order chi connectivity index (χ0) is 8.69. The van der Waals surface area contributed by atoms with Crippen LogP contribution in [0.25, 0.3) is 0 Å². The molecule has 1 N–H and O–H groups in total. The molecule has 0 spiro atoms. The molecule has 0 aliphatic rings. The summed E-state index contributed by atoms with van der Waals surface area (Å²) in [4.78, 5) is 10.4. The number of unbranched alkanes of at least 4 members (excludes halogenated alkanes) is 1. The topological polar surface area (TPSA) is 46.5 Å². The highest BCUT2D eigenvalue weighted by atomic mass is 16.5. The van der Waals surface area contributed by atoms with E-state index in [0.29, 0.717) is 13.0 Å². The molecule has 1 unspecified atom stereocenters. The van der Waals surface area contributed by atoms with Gasteiger partial charge in [0, 0.05) is 6.61 Å². The second kappa shape index (κ2) is 6.16. The maximum absolute atomic E-state index is 10.4. The predicted octanol–water partition coefficient (Wildman–Crippen LogP) is 1.67. The van der Waals surface area contributed by atoms with Crippen LogP contribution in [0, 0.1) is 0 Å². The Morgan fingerprint density at radius 1 is 1.55 bits per heavy atom. The third kappa shape index (κ3) is 4.79. The van der Waals surface area contributed by atoms with Gasteiger partial charge in [-0.15, -0.1) is 0 Å². The van der Waals surface area contributed by atoms with E-state index >= 15 is 0 Å². The molecule has 0 aromatic rings. The van der Waals surface area contributed by atoms with Gasteiger partial charge in [-0.3, -0.25) is 0 Å². The Morgan fingerprint density at radius 2 is 2.18 bits per heavy atom. The van der Waals surface area contributed by atoms with Crippen molar-refractivity contribution in [1.82, 2.24) is 0 Å². The lowest BCUT2D eigenvalue weighted by Gasteiger charge is -2.09. The van der Waals surface area contributed by atoms with Gasteiger partial charge in [0.2, 0.25) is 0 Å². The summed E-state index contributed by atoms with van der Waals surface area (Å²) in [6, 6.07) is 0. The molecule has 3 nitrogen and oxygen atoms in total. The molecule has 0 amide bonds. The van der Waals surface area contributed by atoms with E-state index in [2.05, 4.69) is 0 Å². The van der Waals surface area contributed by atoms with Crippen LogP contribution >= 0.6 is 0 Å². The summed E-state index contributed by atoms with van der Waals surface area (Å²) in [6.07, 6.45) is 1.90. The number of hydrogen-bond donors (Lipinski definition) is 1. The molecule has 0 aliphatic heterocycles. The number of hydrogen-bond acceptors (Lipinski definition) is 2. The molecule has 0 bridgehead atoms. The first-order chi connectivity index (χ1) is 5.22. The number of ether oxygens (including phenoxy) is 1. The van der Waals surface area contributed by atoms with Crippen LogP contribution in [-0.4, -0.2) is 23.8 Å². The SMILES string of the molecule is CCCCOC(CC)C(=O)O. The average molecular weight is 160 g/mol. The van der Waals surface area contributed by atoms with E-state index in [1.54, 1.807) is 0 Å². The van der Waals surface area contributed by atoms with Crippen molar-refractivity contribution in [1.29, 1.82) is 0 Å². The van der Waals surface area contributed by atoms with E-state index in [1.807, 2.05) is 13.8 Å². The third-order valence-electron chi connectivity index (χ3n) is 1.46. The van der Waals surface area contributed by atoms with Crippen LogP contribution in [0.15, 0.2) is 0 Å². The monoisotopic (exact) mass is 160 g/mol. The Hall–Kier alpha value is -0.570. The molecule has 0 fully saturated rings. The van der Waals surface area contributed by atoms with Gasteiger partial charge in [-0.05, 0) is 12.8 Å². The fourth-order valence-electron chi connectivity index (χ4n) is 0.734. The van der Waals surface area contributed by atoms with Crippen LogP contribution in [0.2, 0.25) is 0 Å². The van der Waals surface area contributed by atoms with Crippen LogP contribution in [-0.2, 0) is 9.53 Å². The van der Waals surface area contributed by atoms with Crippen LogP contribution in [0.3, 0.4) is 0 Å². The fraction of sp³-hybridized carbons (Fsp3) is 0.875. The number of aliphatic carboxylic acids is 1. The maximum atomic E-state index is 10.4. The minimum atomic E-state index is -0.858. The zero-order valence-electron chi connectivity index (χ0n) is 7.17. The molecule has 0 radical (unpaired) electrons. The highest BCUT2D eigenvalue weighted by Crippen LogP contribution is 1.99. The Labute approximate surface area is 67.4 Å². The van der Waals surface area contributed by atoms with Crippen molar-refractivity contribution in [2.75, 3.05) is 6.61 Å². The first-order valence-corrected chi connectivity index (χ1v) is 4.06. The van der Waals surface area contributed by atoms with E-state index in [4.69, 9.17) is 9.84 Å². The molecule has 0 aromatic carbocycles. The maximum Gasteiger partial charge on any atom is 0.332 e. The first-order valence-electron chi connectivity index (χ1n) is 4.06. The minimum absolute atomic E-state index is 0.541. The normalized spacial score (nSPS) is 12.9. The number of carbonyl (C=O) groups is 1. The summed E-state index contributed by atoms with van der Waals surface area (Å²) in [5.41, 5.74) is 0. The highest BCUT2D eigenvalue weighted by molar-refractivity contribution is 5.72. The van der Waals surface area contributed by atoms with Crippen LogP contribution < -0.4 is 0 Å². The lowest BCUT2D eigenvalue weighted by Crippen LogP contribution is -2.23. The fourth-order valence-corrected chi connectivity index (χ4v) is 0.734. The summed E-state index contributed by atoms with van der Waals surface area (Å²) < 4.78 is 5.09. The Balaban J connectivity index is 3.44. The quantitative estimate of drug-likeness (QED) is 0.601. The van der Waals surface area contributed by atoms with E-state index in [9.17, 15) is 4.79 Å². The van der Waals surface area contributed by atoms with E-state index < -0.39 is 12.1 Å². The molecular weight excluding hydrogens is 144 g/mol. The summed E-state index contributed by atoms with van der Waals surface area (Å²) >= 11 is 0. The molecule has 0 rings (SSSR count). The van der Waals surface area contributed by atoms with Crippen molar-refractivity contribution in [3.05, 3.63) is 0 Å². The Bertz CT molecular complexity index is 112. The van der Waals surface area contributed by atoms with Gasteiger partial charge in [-0.1, -0.05) is 20.3 Å². The van der Waals surface area contributed by atoms with Gasteiger partial charge < -0.3 is 9.84 Å². The molecule has 0 saturated heterocycles. The summed E-state index contributed by atoms with van der Waals surface area (Å²) in [5.74, 6) is -0.858. The van der Waals surface area contributed by atoms with Gasteiger partial charge >= 0.3 is 5.97 Å². The van der Waals surface area contributed by atoms with Crippen LogP contribution in [0.1, 0.15) is 33.1 Å². The zero-order valence-corrected chi connectivity index (χ0v) is 7.17. The predicted molar refractivity (Wildman–Crippen MR) is 42.6 cm³/mol. The van der Waals surface area contributed by atoms with Crippen molar-refractivity contribution in [3.8, 4) is 0 Å². The molecule has 0 aromatic heterocycles. The Morgan fingerprint density at radius 3 is 2.55 bits per heavy atom. The molecule has 0 saturated carbocycles.